The van der Waals surface area contributed by atoms with E-state index in [2.05, 4.69) is 10.3 Å². The Morgan fingerprint density at radius 2 is 1.94 bits per heavy atom. The summed E-state index contributed by atoms with van der Waals surface area (Å²) in [6.45, 7) is 3.03. The summed E-state index contributed by atoms with van der Waals surface area (Å²) in [6, 6.07) is 21.2. The number of hydrogen-bond acceptors (Lipinski definition) is 4. The van der Waals surface area contributed by atoms with Crippen molar-refractivity contribution < 1.29 is 19.1 Å². The molecular formula is C28H27N3O4. The van der Waals surface area contributed by atoms with E-state index in [-0.39, 0.29) is 24.8 Å². The fraction of sp³-hybridized carbons (Fsp3) is 0.214. The average molecular weight is 470 g/mol. The average Bonchev–Trinajstić information content (AvgIpc) is 3.26. The summed E-state index contributed by atoms with van der Waals surface area (Å²) < 4.78 is 11.4. The van der Waals surface area contributed by atoms with Crippen LogP contribution < -0.4 is 19.7 Å². The quantitative estimate of drug-likeness (QED) is 0.361. The molecule has 0 saturated carbocycles. The van der Waals surface area contributed by atoms with Gasteiger partial charge in [-0.15, -0.1) is 0 Å². The number of aryl methyl sites for hydroxylation is 1. The van der Waals surface area contributed by atoms with Gasteiger partial charge in [0.1, 0.15) is 11.5 Å². The molecule has 7 nitrogen and oxygen atoms in total. The molecule has 2 amide bonds. The minimum Gasteiger partial charge on any atom is -0.494 e. The lowest BCUT2D eigenvalue weighted by Crippen LogP contribution is -2.39. The molecule has 178 valence electrons. The molecule has 0 fully saturated rings. The zero-order chi connectivity index (χ0) is 24.2. The van der Waals surface area contributed by atoms with Crippen molar-refractivity contribution in [1.82, 2.24) is 4.98 Å². The van der Waals surface area contributed by atoms with E-state index in [1.54, 1.807) is 17.0 Å². The zero-order valence-corrected chi connectivity index (χ0v) is 19.5. The van der Waals surface area contributed by atoms with Crippen LogP contribution in [0.15, 0.2) is 72.9 Å². The third-order valence-electron chi connectivity index (χ3n) is 6.03. The van der Waals surface area contributed by atoms with Crippen LogP contribution in [0.25, 0.3) is 10.9 Å². The number of H-pyrrole nitrogens is 1. The first-order valence-corrected chi connectivity index (χ1v) is 11.7. The molecule has 0 aliphatic carbocycles. The summed E-state index contributed by atoms with van der Waals surface area (Å²) in [7, 11) is 0. The smallest absolute Gasteiger partial charge is 0.265 e. The van der Waals surface area contributed by atoms with Crippen molar-refractivity contribution in [2.75, 3.05) is 30.0 Å². The minimum atomic E-state index is -0.119. The largest absolute Gasteiger partial charge is 0.494 e. The number of hydrogen-bond donors (Lipinski definition) is 2. The number of fused-ring (bicyclic) bond motifs is 2. The van der Waals surface area contributed by atoms with Crippen molar-refractivity contribution >= 4 is 34.1 Å². The zero-order valence-electron chi connectivity index (χ0n) is 19.5. The number of aromatic amines is 1. The molecule has 5 rings (SSSR count). The molecule has 0 spiro atoms. The van der Waals surface area contributed by atoms with Crippen LogP contribution in [0, 0.1) is 6.92 Å². The van der Waals surface area contributed by atoms with Gasteiger partial charge in [0, 0.05) is 35.4 Å². The van der Waals surface area contributed by atoms with E-state index in [1.807, 2.05) is 67.7 Å². The molecule has 7 heteroatoms. The molecule has 0 bridgehead atoms. The van der Waals surface area contributed by atoms with Crippen LogP contribution in [0.3, 0.4) is 0 Å². The van der Waals surface area contributed by atoms with E-state index in [4.69, 9.17) is 9.47 Å². The number of nitrogens with one attached hydrogen (secondary N) is 2. The minimum absolute atomic E-state index is 0.0292. The molecule has 2 heterocycles. The Labute approximate surface area is 203 Å². The standard InChI is InChI=1S/C28H27N3O4/c1-19-7-10-22(11-8-19)34-14-4-13-31-25-12-9-21(16-26(25)35-18-28(31)33)30-27(32)15-20-17-29-24-6-3-2-5-23(20)24/h2-3,5-12,16-17,29H,4,13-15,18H2,1H3,(H,30,32). The Morgan fingerprint density at radius 1 is 1.11 bits per heavy atom. The van der Waals surface area contributed by atoms with Crippen LogP contribution in [0.4, 0.5) is 11.4 Å². The van der Waals surface area contributed by atoms with Crippen molar-refractivity contribution in [3.05, 3.63) is 84.1 Å². The Hall–Kier alpha value is -4.26. The Bertz CT molecular complexity index is 1360. The SMILES string of the molecule is Cc1ccc(OCCCN2C(=O)COc3cc(NC(=O)Cc4c[nH]c5ccccc45)ccc32)cc1. The molecule has 1 aromatic heterocycles. The maximum absolute atomic E-state index is 12.7. The second-order valence-electron chi connectivity index (χ2n) is 8.62. The molecule has 0 saturated heterocycles. The second-order valence-corrected chi connectivity index (χ2v) is 8.62. The van der Waals surface area contributed by atoms with Crippen LogP contribution in [0.5, 0.6) is 11.5 Å². The van der Waals surface area contributed by atoms with Crippen LogP contribution in [-0.2, 0) is 16.0 Å². The first-order chi connectivity index (χ1) is 17.1. The summed E-state index contributed by atoms with van der Waals surface area (Å²) in [5.74, 6) is 1.18. The highest BCUT2D eigenvalue weighted by molar-refractivity contribution is 5.99. The van der Waals surface area contributed by atoms with E-state index >= 15 is 0 Å². The molecule has 1 aliphatic rings. The molecular weight excluding hydrogens is 442 g/mol. The lowest BCUT2D eigenvalue weighted by Gasteiger charge is -2.29. The number of aromatic nitrogens is 1. The third kappa shape index (κ3) is 5.14. The Kier molecular flexibility index (Phi) is 6.39. The highest BCUT2D eigenvalue weighted by atomic mass is 16.5. The van der Waals surface area contributed by atoms with Crippen LogP contribution in [0.2, 0.25) is 0 Å². The number of anilines is 2. The first-order valence-electron chi connectivity index (χ1n) is 11.7. The third-order valence-corrected chi connectivity index (χ3v) is 6.03. The van der Waals surface area contributed by atoms with Crippen molar-refractivity contribution in [3.8, 4) is 11.5 Å². The van der Waals surface area contributed by atoms with Gasteiger partial charge < -0.3 is 24.7 Å². The number of para-hydroxylation sites is 1. The number of carbonyl (C=O) groups excluding carboxylic acids is 2. The van der Waals surface area contributed by atoms with Gasteiger partial charge in [0.2, 0.25) is 5.91 Å². The lowest BCUT2D eigenvalue weighted by atomic mass is 10.1. The predicted octanol–water partition coefficient (Wildman–Crippen LogP) is 4.85. The van der Waals surface area contributed by atoms with Gasteiger partial charge in [0.15, 0.2) is 6.61 Å². The van der Waals surface area contributed by atoms with Gasteiger partial charge in [-0.3, -0.25) is 9.59 Å². The molecule has 0 radical (unpaired) electrons. The summed E-state index contributed by atoms with van der Waals surface area (Å²) in [5, 5.41) is 3.98. The number of rotatable bonds is 8. The number of carbonyl (C=O) groups is 2. The molecule has 0 atom stereocenters. The Balaban J connectivity index is 1.20. The fourth-order valence-corrected chi connectivity index (χ4v) is 4.23. The van der Waals surface area contributed by atoms with Gasteiger partial charge in [0.05, 0.1) is 18.7 Å². The van der Waals surface area contributed by atoms with Crippen molar-refractivity contribution in [3.63, 3.8) is 0 Å². The lowest BCUT2D eigenvalue weighted by molar-refractivity contribution is -0.121. The van der Waals surface area contributed by atoms with E-state index in [0.717, 1.165) is 22.2 Å². The molecule has 1 aliphatic heterocycles. The van der Waals surface area contributed by atoms with E-state index < -0.39 is 0 Å². The van der Waals surface area contributed by atoms with Gasteiger partial charge in [-0.25, -0.2) is 0 Å². The maximum Gasteiger partial charge on any atom is 0.265 e. The summed E-state index contributed by atoms with van der Waals surface area (Å²) in [6.07, 6.45) is 2.81. The van der Waals surface area contributed by atoms with Gasteiger partial charge in [0.25, 0.3) is 5.91 Å². The second kappa shape index (κ2) is 9.93. The number of benzene rings is 3. The first kappa shape index (κ1) is 22.5. The van der Waals surface area contributed by atoms with Crippen molar-refractivity contribution in [1.29, 1.82) is 0 Å². The van der Waals surface area contributed by atoms with E-state index in [1.165, 1.54) is 5.56 Å². The summed E-state index contributed by atoms with van der Waals surface area (Å²) >= 11 is 0. The van der Waals surface area contributed by atoms with Gasteiger partial charge >= 0.3 is 0 Å². The van der Waals surface area contributed by atoms with Crippen LogP contribution >= 0.6 is 0 Å². The maximum atomic E-state index is 12.7. The number of nitrogens with zero attached hydrogens (tertiary/aromatic N) is 1. The predicted molar refractivity (Wildman–Crippen MR) is 136 cm³/mol. The van der Waals surface area contributed by atoms with E-state index in [9.17, 15) is 9.59 Å². The highest BCUT2D eigenvalue weighted by Gasteiger charge is 2.25. The molecule has 2 N–H and O–H groups in total. The normalized spacial score (nSPS) is 12.8. The number of amides is 2. The molecule has 35 heavy (non-hydrogen) atoms. The van der Waals surface area contributed by atoms with Crippen molar-refractivity contribution in [2.45, 2.75) is 19.8 Å². The highest BCUT2D eigenvalue weighted by Crippen LogP contribution is 2.34. The van der Waals surface area contributed by atoms with Gasteiger partial charge in [-0.05, 0) is 49.2 Å². The summed E-state index contributed by atoms with van der Waals surface area (Å²) in [4.78, 5) is 30.1. The molecule has 0 unspecified atom stereocenters. The fourth-order valence-electron chi connectivity index (χ4n) is 4.23. The Morgan fingerprint density at radius 3 is 2.80 bits per heavy atom. The number of ether oxygens (including phenoxy) is 2. The molecule has 3 aromatic carbocycles. The monoisotopic (exact) mass is 469 g/mol. The van der Waals surface area contributed by atoms with Crippen LogP contribution in [0.1, 0.15) is 17.5 Å². The summed E-state index contributed by atoms with van der Waals surface area (Å²) in [5.41, 5.74) is 4.46. The van der Waals surface area contributed by atoms with Gasteiger partial charge in [-0.1, -0.05) is 35.9 Å². The van der Waals surface area contributed by atoms with Gasteiger partial charge in [-0.2, -0.15) is 0 Å². The van der Waals surface area contributed by atoms with E-state index in [0.29, 0.717) is 36.7 Å². The van der Waals surface area contributed by atoms with Crippen molar-refractivity contribution in [2.24, 2.45) is 0 Å². The molecule has 4 aromatic rings. The van der Waals surface area contributed by atoms with Crippen LogP contribution in [-0.4, -0.2) is 36.6 Å². The topological polar surface area (TPSA) is 83.7 Å².